The first-order valence-corrected chi connectivity index (χ1v) is 16.0. The summed E-state index contributed by atoms with van der Waals surface area (Å²) in [6.45, 7) is 1.81. The molecule has 0 saturated heterocycles. The lowest BCUT2D eigenvalue weighted by Crippen LogP contribution is -2.52. The van der Waals surface area contributed by atoms with Crippen LogP contribution in [0, 0.1) is 0 Å². The van der Waals surface area contributed by atoms with Crippen LogP contribution >= 0.6 is 23.2 Å². The van der Waals surface area contributed by atoms with Crippen LogP contribution in [0.3, 0.4) is 0 Å². The summed E-state index contributed by atoms with van der Waals surface area (Å²) < 4.78 is 28.7. The summed E-state index contributed by atoms with van der Waals surface area (Å²) in [5, 5.41) is 9.20. The molecular formula is C30H31Cl2N5O4S. The number of rotatable bonds is 11. The van der Waals surface area contributed by atoms with E-state index in [-0.39, 0.29) is 33.8 Å². The van der Waals surface area contributed by atoms with Gasteiger partial charge in [0.25, 0.3) is 10.0 Å². The zero-order valence-corrected chi connectivity index (χ0v) is 25.1. The highest BCUT2D eigenvalue weighted by Crippen LogP contribution is 2.38. The number of aliphatic imine (C=N–C) groups is 1. The highest BCUT2D eigenvalue weighted by molar-refractivity contribution is 7.93. The molecule has 0 spiro atoms. The second kappa shape index (κ2) is 13.1. The summed E-state index contributed by atoms with van der Waals surface area (Å²) in [6.07, 6.45) is 2.83. The van der Waals surface area contributed by atoms with Crippen LogP contribution < -0.4 is 20.3 Å². The molecule has 0 unspecified atom stereocenters. The van der Waals surface area contributed by atoms with E-state index in [4.69, 9.17) is 23.2 Å². The van der Waals surface area contributed by atoms with Crippen molar-refractivity contribution in [2.75, 3.05) is 29.3 Å². The standard InChI is InChI=1S/C30H31Cl2N5O4S/c31-23-14-13-22(19-24(23)32)42(40,41)37-26-7-3-2-6-25(26)36-30(39)27(37)15-16-33-28(38)8-4-1-5-20-9-11-21(12-10-20)29-34-17-18-35-29/h2-3,6-7,9-14,19,27H,1,4-5,8,15-18H2,(H,33,38)(H,34,35)(H,36,39)/t27-/m1/s1. The molecule has 42 heavy (non-hydrogen) atoms. The molecule has 2 amide bonds. The SMILES string of the molecule is O=C(CCCCc1ccc(C2=NCCN2)cc1)NCC[C@@H]1C(=O)Nc2ccccc2N1S(=O)(=O)c1ccc(Cl)c(Cl)c1. The number of hydrogen-bond acceptors (Lipinski definition) is 6. The number of carbonyl (C=O) groups is 2. The number of nitrogens with one attached hydrogen (secondary N) is 3. The maximum Gasteiger partial charge on any atom is 0.265 e. The maximum absolute atomic E-state index is 13.8. The third kappa shape index (κ3) is 6.72. The van der Waals surface area contributed by atoms with Crippen LogP contribution in [-0.2, 0) is 26.0 Å². The minimum atomic E-state index is -4.19. The van der Waals surface area contributed by atoms with Crippen molar-refractivity contribution in [3.8, 4) is 0 Å². The van der Waals surface area contributed by atoms with Gasteiger partial charge in [-0.05, 0) is 61.6 Å². The molecule has 0 radical (unpaired) electrons. The van der Waals surface area contributed by atoms with Crippen LogP contribution in [0.5, 0.6) is 0 Å². The number of sulfonamides is 1. The van der Waals surface area contributed by atoms with Gasteiger partial charge in [-0.25, -0.2) is 8.42 Å². The second-order valence-electron chi connectivity index (χ2n) is 10.1. The van der Waals surface area contributed by atoms with E-state index in [0.717, 1.165) is 41.6 Å². The summed E-state index contributed by atoms with van der Waals surface area (Å²) in [6, 6.07) is 17.9. The van der Waals surface area contributed by atoms with E-state index >= 15 is 0 Å². The Morgan fingerprint density at radius 1 is 1.02 bits per heavy atom. The molecule has 0 bridgehead atoms. The summed E-state index contributed by atoms with van der Waals surface area (Å²) in [4.78, 5) is 30.0. The zero-order chi connectivity index (χ0) is 29.7. The van der Waals surface area contributed by atoms with Crippen molar-refractivity contribution in [2.45, 2.75) is 43.0 Å². The molecule has 2 aliphatic heterocycles. The van der Waals surface area contributed by atoms with Crippen molar-refractivity contribution in [3.63, 3.8) is 0 Å². The van der Waals surface area contributed by atoms with Gasteiger partial charge in [0, 0.05) is 25.1 Å². The van der Waals surface area contributed by atoms with Gasteiger partial charge in [-0.1, -0.05) is 59.6 Å². The predicted molar refractivity (Wildman–Crippen MR) is 166 cm³/mol. The fourth-order valence-corrected chi connectivity index (χ4v) is 7.08. The Hall–Kier alpha value is -3.60. The lowest BCUT2D eigenvalue weighted by atomic mass is 10.0. The Morgan fingerprint density at radius 2 is 1.81 bits per heavy atom. The molecular weight excluding hydrogens is 597 g/mol. The van der Waals surface area contributed by atoms with Gasteiger partial charge in [0.1, 0.15) is 11.9 Å². The number of carbonyl (C=O) groups excluding carboxylic acids is 2. The van der Waals surface area contributed by atoms with E-state index in [1.807, 2.05) is 0 Å². The Bertz CT molecular complexity index is 1610. The first kappa shape index (κ1) is 29.9. The molecule has 0 aliphatic carbocycles. The van der Waals surface area contributed by atoms with Gasteiger partial charge < -0.3 is 16.0 Å². The lowest BCUT2D eigenvalue weighted by molar-refractivity contribution is -0.122. The number of amides is 2. The third-order valence-electron chi connectivity index (χ3n) is 7.19. The molecule has 3 aromatic rings. The number of anilines is 2. The van der Waals surface area contributed by atoms with Crippen molar-refractivity contribution in [1.29, 1.82) is 0 Å². The van der Waals surface area contributed by atoms with Gasteiger partial charge >= 0.3 is 0 Å². The average Bonchev–Trinajstić information content (AvgIpc) is 3.52. The highest BCUT2D eigenvalue weighted by Gasteiger charge is 2.40. The van der Waals surface area contributed by atoms with Crippen molar-refractivity contribution in [2.24, 2.45) is 4.99 Å². The van der Waals surface area contributed by atoms with Gasteiger partial charge in [0.15, 0.2) is 0 Å². The molecule has 2 heterocycles. The first-order valence-electron chi connectivity index (χ1n) is 13.8. The molecule has 1 atom stereocenters. The van der Waals surface area contributed by atoms with E-state index in [2.05, 4.69) is 45.2 Å². The largest absolute Gasteiger partial charge is 0.368 e. The van der Waals surface area contributed by atoms with E-state index in [1.54, 1.807) is 24.3 Å². The Labute approximate surface area is 255 Å². The number of unbranched alkanes of at least 4 members (excludes halogenated alkanes) is 1. The second-order valence-corrected chi connectivity index (χ2v) is 12.7. The Kier molecular flexibility index (Phi) is 9.35. The number of fused-ring (bicyclic) bond motifs is 1. The Morgan fingerprint density at radius 3 is 2.55 bits per heavy atom. The number of hydrogen-bond donors (Lipinski definition) is 3. The van der Waals surface area contributed by atoms with Gasteiger partial charge in [0.2, 0.25) is 11.8 Å². The summed E-state index contributed by atoms with van der Waals surface area (Å²) in [5.74, 6) is 0.308. The number of halogens is 2. The van der Waals surface area contributed by atoms with Crippen LogP contribution in [-0.4, -0.2) is 51.7 Å². The molecule has 2 aliphatic rings. The molecule has 3 N–H and O–H groups in total. The minimum Gasteiger partial charge on any atom is -0.368 e. The fraction of sp³-hybridized carbons (Fsp3) is 0.300. The molecule has 3 aromatic carbocycles. The number of nitrogens with zero attached hydrogens (tertiary/aromatic N) is 2. The number of benzene rings is 3. The summed E-state index contributed by atoms with van der Waals surface area (Å²) >= 11 is 12.1. The number of amidine groups is 1. The van der Waals surface area contributed by atoms with Crippen LogP contribution in [0.25, 0.3) is 0 Å². The van der Waals surface area contributed by atoms with Crippen molar-refractivity contribution in [3.05, 3.63) is 87.9 Å². The van der Waals surface area contributed by atoms with Gasteiger partial charge in [-0.3, -0.25) is 18.9 Å². The average molecular weight is 629 g/mol. The quantitative estimate of drug-likeness (QED) is 0.264. The monoisotopic (exact) mass is 627 g/mol. The van der Waals surface area contributed by atoms with Crippen molar-refractivity contribution >= 4 is 62.2 Å². The highest BCUT2D eigenvalue weighted by atomic mass is 35.5. The molecule has 0 aromatic heterocycles. The van der Waals surface area contributed by atoms with Crippen molar-refractivity contribution in [1.82, 2.24) is 10.6 Å². The van der Waals surface area contributed by atoms with E-state index in [1.165, 1.54) is 23.8 Å². The molecule has 12 heteroatoms. The van der Waals surface area contributed by atoms with Gasteiger partial charge in [0.05, 0.1) is 32.9 Å². The van der Waals surface area contributed by atoms with Gasteiger partial charge in [-0.15, -0.1) is 0 Å². The van der Waals surface area contributed by atoms with Crippen LogP contribution in [0.1, 0.15) is 36.8 Å². The molecule has 0 fully saturated rings. The smallest absolute Gasteiger partial charge is 0.265 e. The van der Waals surface area contributed by atoms with Crippen LogP contribution in [0.4, 0.5) is 11.4 Å². The summed E-state index contributed by atoms with van der Waals surface area (Å²) in [5.41, 5.74) is 2.99. The third-order valence-corrected chi connectivity index (χ3v) is 9.75. The van der Waals surface area contributed by atoms with Crippen LogP contribution in [0.2, 0.25) is 10.0 Å². The van der Waals surface area contributed by atoms with E-state index < -0.39 is 22.0 Å². The Balaban J connectivity index is 1.16. The maximum atomic E-state index is 13.8. The predicted octanol–water partition coefficient (Wildman–Crippen LogP) is 4.78. The van der Waals surface area contributed by atoms with Gasteiger partial charge in [-0.2, -0.15) is 0 Å². The molecule has 220 valence electrons. The topological polar surface area (TPSA) is 120 Å². The first-order chi connectivity index (χ1) is 20.2. The minimum absolute atomic E-state index is 0.0823. The lowest BCUT2D eigenvalue weighted by Gasteiger charge is -2.37. The zero-order valence-electron chi connectivity index (χ0n) is 22.8. The van der Waals surface area contributed by atoms with Crippen molar-refractivity contribution < 1.29 is 18.0 Å². The molecule has 0 saturated carbocycles. The molecule has 9 nitrogen and oxygen atoms in total. The number of para-hydroxylation sites is 2. The normalized spacial score (nSPS) is 16.3. The van der Waals surface area contributed by atoms with E-state index in [0.29, 0.717) is 24.2 Å². The fourth-order valence-electron chi connectivity index (χ4n) is 5.03. The van der Waals surface area contributed by atoms with Crippen LogP contribution in [0.15, 0.2) is 76.6 Å². The number of aryl methyl sites for hydroxylation is 1. The molecule has 5 rings (SSSR count). The summed E-state index contributed by atoms with van der Waals surface area (Å²) in [7, 11) is -4.19. The van der Waals surface area contributed by atoms with E-state index in [9.17, 15) is 18.0 Å².